The molecule has 0 aliphatic heterocycles. The van der Waals surface area contributed by atoms with Crippen LogP contribution in [0.15, 0.2) is 42.5 Å². The van der Waals surface area contributed by atoms with Crippen LogP contribution in [0.25, 0.3) is 0 Å². The lowest BCUT2D eigenvalue weighted by molar-refractivity contribution is -0.385. The van der Waals surface area contributed by atoms with Crippen molar-refractivity contribution in [3.63, 3.8) is 0 Å². The van der Waals surface area contributed by atoms with E-state index in [9.17, 15) is 14.9 Å². The summed E-state index contributed by atoms with van der Waals surface area (Å²) in [7, 11) is 1.95. The van der Waals surface area contributed by atoms with Crippen molar-refractivity contribution in [3.05, 3.63) is 69.3 Å². The first kappa shape index (κ1) is 18.1. The van der Waals surface area contributed by atoms with Crippen LogP contribution in [0.5, 0.6) is 0 Å². The third-order valence-electron chi connectivity index (χ3n) is 4.95. The fourth-order valence-corrected chi connectivity index (χ4v) is 3.61. The van der Waals surface area contributed by atoms with Crippen LogP contribution in [0.3, 0.4) is 0 Å². The number of amides is 1. The van der Waals surface area contributed by atoms with Crippen molar-refractivity contribution >= 4 is 17.3 Å². The molecule has 0 saturated carbocycles. The molecule has 0 heterocycles. The van der Waals surface area contributed by atoms with E-state index < -0.39 is 4.92 Å². The molecule has 0 aromatic heterocycles. The van der Waals surface area contributed by atoms with Gasteiger partial charge in [-0.3, -0.25) is 19.8 Å². The van der Waals surface area contributed by atoms with E-state index in [0.717, 1.165) is 19.3 Å². The minimum Gasteiger partial charge on any atom is -0.325 e. The Kier molecular flexibility index (Phi) is 5.32. The van der Waals surface area contributed by atoms with E-state index in [4.69, 9.17) is 0 Å². The van der Waals surface area contributed by atoms with Crippen LogP contribution in [0.2, 0.25) is 0 Å². The van der Waals surface area contributed by atoms with Crippen LogP contribution in [0, 0.1) is 17.0 Å². The number of nitro benzene ring substituents is 1. The number of carbonyl (C=O) groups excluding carboxylic acids is 1. The third-order valence-corrected chi connectivity index (χ3v) is 4.95. The summed E-state index contributed by atoms with van der Waals surface area (Å²) in [4.78, 5) is 25.1. The first-order valence-corrected chi connectivity index (χ1v) is 8.78. The molecule has 2 aromatic rings. The SMILES string of the molecule is Cc1ccc(NC(=O)CN(C)C2CCCc3ccccc32)cc1[N+](=O)[O-]. The zero-order valence-electron chi connectivity index (χ0n) is 15.1. The number of anilines is 1. The number of nitrogens with zero attached hydrogens (tertiary/aromatic N) is 2. The van der Waals surface area contributed by atoms with Gasteiger partial charge in [0.25, 0.3) is 5.69 Å². The van der Waals surface area contributed by atoms with E-state index in [2.05, 4.69) is 28.4 Å². The highest BCUT2D eigenvalue weighted by Gasteiger charge is 2.24. The number of likely N-dealkylation sites (N-methyl/N-ethyl adjacent to an activating group) is 1. The van der Waals surface area contributed by atoms with E-state index in [1.807, 2.05) is 13.1 Å². The number of benzene rings is 2. The van der Waals surface area contributed by atoms with Gasteiger partial charge in [0.15, 0.2) is 0 Å². The molecule has 1 amide bonds. The van der Waals surface area contributed by atoms with Gasteiger partial charge in [-0.05, 0) is 50.4 Å². The Bertz CT molecular complexity index is 835. The Morgan fingerprint density at radius 1 is 1.31 bits per heavy atom. The number of fused-ring (bicyclic) bond motifs is 1. The van der Waals surface area contributed by atoms with Crippen molar-refractivity contribution in [1.82, 2.24) is 4.90 Å². The van der Waals surface area contributed by atoms with Crippen molar-refractivity contribution < 1.29 is 9.72 Å². The van der Waals surface area contributed by atoms with Gasteiger partial charge in [-0.25, -0.2) is 0 Å². The van der Waals surface area contributed by atoms with Crippen LogP contribution in [-0.2, 0) is 11.2 Å². The minimum atomic E-state index is -0.434. The van der Waals surface area contributed by atoms with E-state index in [1.165, 1.54) is 17.2 Å². The van der Waals surface area contributed by atoms with Crippen LogP contribution < -0.4 is 5.32 Å². The second kappa shape index (κ2) is 7.66. The molecule has 0 spiro atoms. The van der Waals surface area contributed by atoms with Gasteiger partial charge in [0, 0.05) is 23.4 Å². The quantitative estimate of drug-likeness (QED) is 0.654. The molecule has 0 fully saturated rings. The van der Waals surface area contributed by atoms with Gasteiger partial charge in [-0.1, -0.05) is 30.3 Å². The third kappa shape index (κ3) is 3.91. The smallest absolute Gasteiger partial charge is 0.274 e. The van der Waals surface area contributed by atoms with E-state index in [-0.39, 0.29) is 24.2 Å². The number of hydrogen-bond acceptors (Lipinski definition) is 4. The maximum atomic E-state index is 12.4. The number of carbonyl (C=O) groups is 1. The van der Waals surface area contributed by atoms with Crippen molar-refractivity contribution in [2.24, 2.45) is 0 Å². The van der Waals surface area contributed by atoms with Crippen LogP contribution in [0.1, 0.15) is 35.6 Å². The number of rotatable bonds is 5. The highest BCUT2D eigenvalue weighted by atomic mass is 16.6. The summed E-state index contributed by atoms with van der Waals surface area (Å²) in [6, 6.07) is 13.3. The Balaban J connectivity index is 1.67. The molecule has 1 N–H and O–H groups in total. The molecule has 1 aliphatic carbocycles. The fourth-order valence-electron chi connectivity index (χ4n) is 3.61. The standard InChI is InChI=1S/C20H23N3O3/c1-14-10-11-16(12-19(14)23(25)26)21-20(24)13-22(2)18-9-5-7-15-6-3-4-8-17(15)18/h3-4,6,8,10-12,18H,5,7,9,13H2,1-2H3,(H,21,24). The van der Waals surface area contributed by atoms with Crippen molar-refractivity contribution in [3.8, 4) is 0 Å². The average molecular weight is 353 g/mol. The van der Waals surface area contributed by atoms with E-state index >= 15 is 0 Å². The van der Waals surface area contributed by atoms with Crippen LogP contribution in [0.4, 0.5) is 11.4 Å². The van der Waals surface area contributed by atoms with Crippen molar-refractivity contribution in [2.45, 2.75) is 32.2 Å². The van der Waals surface area contributed by atoms with Gasteiger partial charge in [-0.15, -0.1) is 0 Å². The first-order valence-electron chi connectivity index (χ1n) is 8.78. The summed E-state index contributed by atoms with van der Waals surface area (Å²) < 4.78 is 0. The highest BCUT2D eigenvalue weighted by molar-refractivity contribution is 5.92. The van der Waals surface area contributed by atoms with E-state index in [0.29, 0.717) is 11.3 Å². The summed E-state index contributed by atoms with van der Waals surface area (Å²) in [5.41, 5.74) is 3.68. The summed E-state index contributed by atoms with van der Waals surface area (Å²) in [5, 5.41) is 13.8. The largest absolute Gasteiger partial charge is 0.325 e. The lowest BCUT2D eigenvalue weighted by Gasteiger charge is -2.32. The molecule has 2 aromatic carbocycles. The summed E-state index contributed by atoms with van der Waals surface area (Å²) in [6.45, 7) is 1.92. The predicted octanol–water partition coefficient (Wildman–Crippen LogP) is 3.85. The van der Waals surface area contributed by atoms with Crippen LogP contribution in [-0.4, -0.2) is 29.3 Å². The first-order chi connectivity index (χ1) is 12.5. The molecule has 0 bridgehead atoms. The monoisotopic (exact) mass is 353 g/mol. The number of nitro groups is 1. The molecule has 1 unspecified atom stereocenters. The molecule has 1 aliphatic rings. The Hall–Kier alpha value is -2.73. The minimum absolute atomic E-state index is 0.0114. The topological polar surface area (TPSA) is 75.5 Å². The van der Waals surface area contributed by atoms with Gasteiger partial charge in [0.1, 0.15) is 0 Å². The Morgan fingerprint density at radius 2 is 2.08 bits per heavy atom. The highest BCUT2D eigenvalue weighted by Crippen LogP contribution is 2.33. The molecular weight excluding hydrogens is 330 g/mol. The van der Waals surface area contributed by atoms with Crippen molar-refractivity contribution in [2.75, 3.05) is 18.9 Å². The van der Waals surface area contributed by atoms with Crippen LogP contribution >= 0.6 is 0 Å². The molecular formula is C20H23N3O3. The molecule has 6 heteroatoms. The zero-order valence-corrected chi connectivity index (χ0v) is 15.1. The molecule has 3 rings (SSSR count). The maximum Gasteiger partial charge on any atom is 0.274 e. The molecule has 1 atom stereocenters. The molecule has 6 nitrogen and oxygen atoms in total. The predicted molar refractivity (Wildman–Crippen MR) is 101 cm³/mol. The second-order valence-corrected chi connectivity index (χ2v) is 6.83. The summed E-state index contributed by atoms with van der Waals surface area (Å²) in [5.74, 6) is -0.172. The zero-order chi connectivity index (χ0) is 18.7. The normalized spacial score (nSPS) is 16.2. The Morgan fingerprint density at radius 3 is 2.85 bits per heavy atom. The second-order valence-electron chi connectivity index (χ2n) is 6.83. The van der Waals surface area contributed by atoms with Gasteiger partial charge < -0.3 is 5.32 Å². The average Bonchev–Trinajstić information content (AvgIpc) is 2.62. The fraction of sp³-hybridized carbons (Fsp3) is 0.350. The molecule has 26 heavy (non-hydrogen) atoms. The summed E-state index contributed by atoms with van der Waals surface area (Å²) >= 11 is 0. The van der Waals surface area contributed by atoms with E-state index in [1.54, 1.807) is 19.1 Å². The number of hydrogen-bond donors (Lipinski definition) is 1. The molecule has 136 valence electrons. The van der Waals surface area contributed by atoms with Gasteiger partial charge >= 0.3 is 0 Å². The summed E-state index contributed by atoms with van der Waals surface area (Å²) in [6.07, 6.45) is 3.22. The number of nitrogens with one attached hydrogen (secondary N) is 1. The lowest BCUT2D eigenvalue weighted by atomic mass is 9.87. The van der Waals surface area contributed by atoms with Gasteiger partial charge in [0.05, 0.1) is 11.5 Å². The molecule has 0 saturated heterocycles. The van der Waals surface area contributed by atoms with Gasteiger partial charge in [-0.2, -0.15) is 0 Å². The lowest BCUT2D eigenvalue weighted by Crippen LogP contribution is -2.34. The Labute approximate surface area is 153 Å². The molecule has 0 radical (unpaired) electrons. The number of aryl methyl sites for hydroxylation is 2. The van der Waals surface area contributed by atoms with Gasteiger partial charge in [0.2, 0.25) is 5.91 Å². The van der Waals surface area contributed by atoms with Crippen molar-refractivity contribution in [1.29, 1.82) is 0 Å². The maximum absolute atomic E-state index is 12.4.